The first-order valence-corrected chi connectivity index (χ1v) is 10.1. The van der Waals surface area contributed by atoms with Crippen molar-refractivity contribution >= 4 is 10.2 Å². The number of nitrogens with zero attached hydrogens (tertiary/aromatic N) is 6. The van der Waals surface area contributed by atoms with Crippen LogP contribution < -0.4 is 0 Å². The molecule has 2 fully saturated rings. The summed E-state index contributed by atoms with van der Waals surface area (Å²) in [5.41, 5.74) is 0. The van der Waals surface area contributed by atoms with Crippen molar-refractivity contribution < 1.29 is 8.42 Å². The van der Waals surface area contributed by atoms with Crippen molar-refractivity contribution in [2.75, 3.05) is 40.3 Å². The molecule has 0 spiro atoms. The van der Waals surface area contributed by atoms with Gasteiger partial charge in [-0.25, -0.2) is 0 Å². The molecule has 9 heteroatoms. The Morgan fingerprint density at radius 2 is 1.71 bits per heavy atom. The third-order valence-corrected chi connectivity index (χ3v) is 7.11. The molecular weight excluding hydrogens is 328 g/mol. The summed E-state index contributed by atoms with van der Waals surface area (Å²) in [6.45, 7) is 4.22. The van der Waals surface area contributed by atoms with Crippen molar-refractivity contribution in [2.45, 2.75) is 38.1 Å². The highest BCUT2D eigenvalue weighted by molar-refractivity contribution is 7.86. The van der Waals surface area contributed by atoms with Crippen LogP contribution in [0.2, 0.25) is 0 Å². The number of hydrogen-bond acceptors (Lipinski definition) is 5. The fraction of sp³-hybridized carbons (Fsp3) is 0.867. The molecule has 0 N–H and O–H groups in total. The van der Waals surface area contributed by atoms with Crippen LogP contribution in [0.25, 0.3) is 0 Å². The number of rotatable bonds is 5. The second kappa shape index (κ2) is 7.07. The van der Waals surface area contributed by atoms with Crippen molar-refractivity contribution in [2.24, 2.45) is 7.05 Å². The fourth-order valence-corrected chi connectivity index (χ4v) is 4.72. The van der Waals surface area contributed by atoms with E-state index >= 15 is 0 Å². The SMILES string of the molecule is CN(C)S(=O)(=O)N1CCC(c2nnc(CN3CCCC3)n2C)CC1. The van der Waals surface area contributed by atoms with Crippen LogP contribution in [0.5, 0.6) is 0 Å². The minimum Gasteiger partial charge on any atom is -0.317 e. The molecule has 24 heavy (non-hydrogen) atoms. The smallest absolute Gasteiger partial charge is 0.281 e. The van der Waals surface area contributed by atoms with Crippen molar-refractivity contribution in [3.63, 3.8) is 0 Å². The van der Waals surface area contributed by atoms with E-state index in [1.165, 1.54) is 17.1 Å². The molecule has 8 nitrogen and oxygen atoms in total. The zero-order valence-electron chi connectivity index (χ0n) is 14.8. The van der Waals surface area contributed by atoms with Crippen molar-refractivity contribution in [1.29, 1.82) is 0 Å². The first-order valence-electron chi connectivity index (χ1n) is 8.67. The quantitative estimate of drug-likeness (QED) is 0.763. The Morgan fingerprint density at radius 1 is 1.08 bits per heavy atom. The van der Waals surface area contributed by atoms with Gasteiger partial charge < -0.3 is 4.57 Å². The van der Waals surface area contributed by atoms with Gasteiger partial charge in [0.05, 0.1) is 6.54 Å². The van der Waals surface area contributed by atoms with E-state index in [1.54, 1.807) is 18.4 Å². The van der Waals surface area contributed by atoms with E-state index < -0.39 is 10.2 Å². The van der Waals surface area contributed by atoms with Crippen molar-refractivity contribution in [1.82, 2.24) is 28.3 Å². The molecule has 0 amide bonds. The molecule has 1 aromatic heterocycles. The lowest BCUT2D eigenvalue weighted by atomic mass is 9.97. The minimum atomic E-state index is -3.31. The minimum absolute atomic E-state index is 0.281. The van der Waals surface area contributed by atoms with Crippen LogP contribution in [0.4, 0.5) is 0 Å². The number of likely N-dealkylation sites (tertiary alicyclic amines) is 1. The maximum atomic E-state index is 12.2. The Labute approximate surface area is 144 Å². The first-order chi connectivity index (χ1) is 11.4. The lowest BCUT2D eigenvalue weighted by Gasteiger charge is -2.32. The van der Waals surface area contributed by atoms with E-state index in [1.807, 2.05) is 7.05 Å². The summed E-state index contributed by atoms with van der Waals surface area (Å²) in [6, 6.07) is 0. The van der Waals surface area contributed by atoms with Gasteiger partial charge in [-0.2, -0.15) is 17.0 Å². The Kier molecular flexibility index (Phi) is 5.24. The highest BCUT2D eigenvalue weighted by Gasteiger charge is 2.32. The third-order valence-electron chi connectivity index (χ3n) is 5.17. The molecule has 2 aliphatic heterocycles. The molecule has 2 saturated heterocycles. The third kappa shape index (κ3) is 3.49. The van der Waals surface area contributed by atoms with E-state index in [4.69, 9.17) is 0 Å². The standard InChI is InChI=1S/C15H28N6O2S/c1-18(2)24(22,23)21-10-6-13(7-11-21)15-17-16-14(19(15)3)12-20-8-4-5-9-20/h13H,4-12H2,1-3H3. The molecule has 3 heterocycles. The van der Waals surface area contributed by atoms with Crippen LogP contribution in [0.15, 0.2) is 0 Å². The maximum absolute atomic E-state index is 12.2. The van der Waals surface area contributed by atoms with Gasteiger partial charge >= 0.3 is 0 Å². The molecule has 0 aliphatic carbocycles. The van der Waals surface area contributed by atoms with Crippen LogP contribution in [-0.4, -0.2) is 77.0 Å². The van der Waals surface area contributed by atoms with Gasteiger partial charge in [0.2, 0.25) is 0 Å². The van der Waals surface area contributed by atoms with Crippen LogP contribution in [0.3, 0.4) is 0 Å². The maximum Gasteiger partial charge on any atom is 0.281 e. The molecule has 0 aromatic carbocycles. The zero-order valence-corrected chi connectivity index (χ0v) is 15.7. The summed E-state index contributed by atoms with van der Waals surface area (Å²) in [5.74, 6) is 2.28. The molecule has 136 valence electrons. The molecule has 2 aliphatic rings. The number of piperidine rings is 1. The predicted octanol–water partition coefficient (Wildman–Crippen LogP) is 0.397. The molecule has 1 aromatic rings. The lowest BCUT2D eigenvalue weighted by Crippen LogP contribution is -2.44. The number of aromatic nitrogens is 3. The monoisotopic (exact) mass is 356 g/mol. The Morgan fingerprint density at radius 3 is 2.29 bits per heavy atom. The van der Waals surface area contributed by atoms with Crippen LogP contribution in [-0.2, 0) is 23.8 Å². The normalized spacial score (nSPS) is 21.8. The molecule has 0 radical (unpaired) electrons. The predicted molar refractivity (Wildman–Crippen MR) is 91.7 cm³/mol. The Bertz CT molecular complexity index is 658. The van der Waals surface area contributed by atoms with Gasteiger partial charge in [-0.05, 0) is 38.8 Å². The summed E-state index contributed by atoms with van der Waals surface area (Å²) in [4.78, 5) is 2.42. The van der Waals surface area contributed by atoms with Gasteiger partial charge in [0.25, 0.3) is 10.2 Å². The molecule has 0 unspecified atom stereocenters. The zero-order chi connectivity index (χ0) is 17.3. The average Bonchev–Trinajstić information content (AvgIpc) is 3.19. The van der Waals surface area contributed by atoms with Gasteiger partial charge in [0.15, 0.2) is 0 Å². The van der Waals surface area contributed by atoms with Crippen LogP contribution in [0, 0.1) is 0 Å². The first kappa shape index (κ1) is 17.8. The molecule has 0 bridgehead atoms. The van der Waals surface area contributed by atoms with Gasteiger partial charge in [-0.3, -0.25) is 4.90 Å². The van der Waals surface area contributed by atoms with E-state index in [-0.39, 0.29) is 5.92 Å². The Hall–Kier alpha value is -1.03. The summed E-state index contributed by atoms with van der Waals surface area (Å²) < 4.78 is 29.4. The molecule has 0 atom stereocenters. The van der Waals surface area contributed by atoms with E-state index in [0.29, 0.717) is 13.1 Å². The van der Waals surface area contributed by atoms with Gasteiger partial charge in [-0.15, -0.1) is 10.2 Å². The molecule has 0 saturated carbocycles. The molecule has 3 rings (SSSR count). The van der Waals surface area contributed by atoms with E-state index in [2.05, 4.69) is 19.7 Å². The van der Waals surface area contributed by atoms with E-state index in [9.17, 15) is 8.42 Å². The summed E-state index contributed by atoms with van der Waals surface area (Å²) in [6.07, 6.45) is 4.12. The van der Waals surface area contributed by atoms with Crippen molar-refractivity contribution in [3.8, 4) is 0 Å². The second-order valence-electron chi connectivity index (χ2n) is 6.98. The second-order valence-corrected chi connectivity index (χ2v) is 9.12. The highest BCUT2D eigenvalue weighted by atomic mass is 32.2. The highest BCUT2D eigenvalue weighted by Crippen LogP contribution is 2.28. The topological polar surface area (TPSA) is 74.6 Å². The summed E-state index contributed by atoms with van der Waals surface area (Å²) in [7, 11) is 1.88. The van der Waals surface area contributed by atoms with E-state index in [0.717, 1.165) is 44.1 Å². The summed E-state index contributed by atoms with van der Waals surface area (Å²) >= 11 is 0. The Balaban J connectivity index is 1.63. The molecular formula is C15H28N6O2S. The van der Waals surface area contributed by atoms with Crippen LogP contribution in [0.1, 0.15) is 43.3 Å². The van der Waals surface area contributed by atoms with Crippen LogP contribution >= 0.6 is 0 Å². The average molecular weight is 356 g/mol. The summed E-state index contributed by atoms with van der Waals surface area (Å²) in [5, 5.41) is 8.79. The number of hydrogen-bond donors (Lipinski definition) is 0. The van der Waals surface area contributed by atoms with Gasteiger partial charge in [0.1, 0.15) is 11.6 Å². The van der Waals surface area contributed by atoms with Gasteiger partial charge in [-0.1, -0.05) is 0 Å². The fourth-order valence-electron chi connectivity index (χ4n) is 3.58. The lowest BCUT2D eigenvalue weighted by molar-refractivity contribution is 0.293. The van der Waals surface area contributed by atoms with Gasteiger partial charge in [0, 0.05) is 40.2 Å². The largest absolute Gasteiger partial charge is 0.317 e. The van der Waals surface area contributed by atoms with Crippen molar-refractivity contribution in [3.05, 3.63) is 11.6 Å².